The van der Waals surface area contributed by atoms with Crippen molar-refractivity contribution in [3.05, 3.63) is 17.5 Å². The zero-order valence-corrected chi connectivity index (χ0v) is 11.0. The predicted octanol–water partition coefficient (Wildman–Crippen LogP) is 1.64. The maximum Gasteiger partial charge on any atom is 0.325 e. The highest BCUT2D eigenvalue weighted by Crippen LogP contribution is 2.24. The van der Waals surface area contributed by atoms with Gasteiger partial charge in [0.25, 0.3) is 0 Å². The number of hydrogen-bond acceptors (Lipinski definition) is 3. The van der Waals surface area contributed by atoms with E-state index in [1.165, 1.54) is 12.8 Å². The summed E-state index contributed by atoms with van der Waals surface area (Å²) in [5.41, 5.74) is 1.68. The number of aliphatic carboxylic acids is 1. The second kappa shape index (κ2) is 5.52. The van der Waals surface area contributed by atoms with Crippen molar-refractivity contribution < 1.29 is 9.90 Å². The number of carboxylic acid groups (broad SMARTS) is 1. The van der Waals surface area contributed by atoms with E-state index in [2.05, 4.69) is 10.4 Å². The molecule has 5 heteroatoms. The number of nitrogens with one attached hydrogen (secondary N) is 1. The van der Waals surface area contributed by atoms with Crippen molar-refractivity contribution in [3.8, 4) is 0 Å². The van der Waals surface area contributed by atoms with Crippen molar-refractivity contribution in [1.82, 2.24) is 15.1 Å². The van der Waals surface area contributed by atoms with Gasteiger partial charge in [-0.15, -0.1) is 0 Å². The number of carbonyl (C=O) groups is 1. The maximum atomic E-state index is 11.5. The number of aromatic nitrogens is 2. The summed E-state index contributed by atoms with van der Waals surface area (Å²) >= 11 is 0. The van der Waals surface area contributed by atoms with Crippen LogP contribution in [0.15, 0.2) is 6.20 Å². The zero-order chi connectivity index (χ0) is 13.1. The fraction of sp³-hybridized carbons (Fsp3) is 0.692. The molecule has 1 aliphatic rings. The number of hydrogen-bond donors (Lipinski definition) is 2. The van der Waals surface area contributed by atoms with Gasteiger partial charge in [0.15, 0.2) is 0 Å². The van der Waals surface area contributed by atoms with E-state index >= 15 is 0 Å². The molecule has 0 aromatic carbocycles. The van der Waals surface area contributed by atoms with Gasteiger partial charge in [0.2, 0.25) is 0 Å². The van der Waals surface area contributed by atoms with Gasteiger partial charge in [0, 0.05) is 24.8 Å². The van der Waals surface area contributed by atoms with Crippen LogP contribution in [0.5, 0.6) is 0 Å². The van der Waals surface area contributed by atoms with E-state index in [1.807, 2.05) is 20.2 Å². The molecule has 1 heterocycles. The number of rotatable bonds is 5. The Labute approximate surface area is 107 Å². The van der Waals surface area contributed by atoms with Crippen LogP contribution in [-0.4, -0.2) is 26.9 Å². The molecule has 0 bridgehead atoms. The molecule has 2 rings (SSSR count). The molecule has 18 heavy (non-hydrogen) atoms. The van der Waals surface area contributed by atoms with E-state index in [0.717, 1.165) is 30.5 Å². The fourth-order valence-electron chi connectivity index (χ4n) is 2.69. The topological polar surface area (TPSA) is 67.2 Å². The molecule has 0 saturated heterocycles. The molecule has 1 aromatic rings. The minimum Gasteiger partial charge on any atom is -0.480 e. The molecule has 1 atom stereocenters. The van der Waals surface area contributed by atoms with Crippen LogP contribution in [0.1, 0.15) is 49.9 Å². The molecule has 1 aromatic heterocycles. The summed E-state index contributed by atoms with van der Waals surface area (Å²) < 4.78 is 1.69. The van der Waals surface area contributed by atoms with Gasteiger partial charge in [-0.05, 0) is 19.3 Å². The summed E-state index contributed by atoms with van der Waals surface area (Å²) in [6, 6.07) is -0.298. The Bertz CT molecular complexity index is 422. The second-order valence-corrected chi connectivity index (χ2v) is 4.98. The van der Waals surface area contributed by atoms with Crippen LogP contribution in [0, 0.1) is 0 Å². The standard InChI is InChI=1S/C13H21N3O2/c1-3-11-10(8-16(2)15-11)12(13(17)18)14-9-6-4-5-7-9/h8-9,12,14H,3-7H2,1-2H3,(H,17,18). The van der Waals surface area contributed by atoms with Crippen molar-refractivity contribution in [2.24, 2.45) is 7.05 Å². The van der Waals surface area contributed by atoms with E-state index in [9.17, 15) is 9.90 Å². The Morgan fingerprint density at radius 1 is 1.61 bits per heavy atom. The fourth-order valence-corrected chi connectivity index (χ4v) is 2.69. The van der Waals surface area contributed by atoms with Gasteiger partial charge in [-0.25, -0.2) is 0 Å². The highest BCUT2D eigenvalue weighted by atomic mass is 16.4. The van der Waals surface area contributed by atoms with E-state index in [-0.39, 0.29) is 0 Å². The number of nitrogens with zero attached hydrogens (tertiary/aromatic N) is 2. The highest BCUT2D eigenvalue weighted by molar-refractivity contribution is 5.75. The average molecular weight is 251 g/mol. The first-order valence-corrected chi connectivity index (χ1v) is 6.63. The van der Waals surface area contributed by atoms with Crippen LogP contribution >= 0.6 is 0 Å². The molecule has 5 nitrogen and oxygen atoms in total. The second-order valence-electron chi connectivity index (χ2n) is 4.98. The van der Waals surface area contributed by atoms with Crippen LogP contribution in [0.4, 0.5) is 0 Å². The Hall–Kier alpha value is -1.36. The normalized spacial score (nSPS) is 18.1. The van der Waals surface area contributed by atoms with Crippen LogP contribution in [-0.2, 0) is 18.3 Å². The molecule has 100 valence electrons. The van der Waals surface area contributed by atoms with Gasteiger partial charge in [-0.3, -0.25) is 14.8 Å². The van der Waals surface area contributed by atoms with Crippen LogP contribution in [0.3, 0.4) is 0 Å². The first-order valence-electron chi connectivity index (χ1n) is 6.63. The van der Waals surface area contributed by atoms with Crippen LogP contribution in [0.25, 0.3) is 0 Å². The maximum absolute atomic E-state index is 11.5. The summed E-state index contributed by atoms with van der Waals surface area (Å²) in [6.45, 7) is 2.00. The van der Waals surface area contributed by atoms with Crippen molar-refractivity contribution >= 4 is 5.97 Å². The summed E-state index contributed by atoms with van der Waals surface area (Å²) in [4.78, 5) is 11.5. The van der Waals surface area contributed by atoms with Gasteiger partial charge in [-0.1, -0.05) is 19.8 Å². The lowest BCUT2D eigenvalue weighted by molar-refractivity contribution is -0.139. The SMILES string of the molecule is CCc1nn(C)cc1C(NC1CCCC1)C(=O)O. The quantitative estimate of drug-likeness (QED) is 0.835. The van der Waals surface area contributed by atoms with E-state index < -0.39 is 12.0 Å². The van der Waals surface area contributed by atoms with E-state index in [1.54, 1.807) is 4.68 Å². The van der Waals surface area contributed by atoms with Crippen molar-refractivity contribution in [2.75, 3.05) is 0 Å². The summed E-state index contributed by atoms with van der Waals surface area (Å²) in [5.74, 6) is -0.815. The summed E-state index contributed by atoms with van der Waals surface area (Å²) in [5, 5.41) is 17.0. The molecule has 2 N–H and O–H groups in total. The molecule has 1 saturated carbocycles. The summed E-state index contributed by atoms with van der Waals surface area (Å²) in [6.07, 6.45) is 7.11. The van der Waals surface area contributed by atoms with E-state index in [4.69, 9.17) is 0 Å². The third-order valence-electron chi connectivity index (χ3n) is 3.59. The molecule has 1 unspecified atom stereocenters. The Kier molecular flexibility index (Phi) is 4.01. The minimum atomic E-state index is -0.815. The first-order chi connectivity index (χ1) is 8.61. The van der Waals surface area contributed by atoms with Crippen LogP contribution in [0.2, 0.25) is 0 Å². The first kappa shape index (κ1) is 13.1. The molecule has 0 spiro atoms. The Morgan fingerprint density at radius 2 is 2.28 bits per heavy atom. The molecular weight excluding hydrogens is 230 g/mol. The molecule has 0 aliphatic heterocycles. The highest BCUT2D eigenvalue weighted by Gasteiger charge is 2.28. The van der Waals surface area contributed by atoms with Gasteiger partial charge < -0.3 is 5.11 Å². The van der Waals surface area contributed by atoms with Crippen molar-refractivity contribution in [1.29, 1.82) is 0 Å². The van der Waals surface area contributed by atoms with E-state index in [0.29, 0.717) is 6.04 Å². The predicted molar refractivity (Wildman–Crippen MR) is 68.4 cm³/mol. The Morgan fingerprint density at radius 3 is 2.83 bits per heavy atom. The number of aryl methyl sites for hydroxylation is 2. The summed E-state index contributed by atoms with van der Waals surface area (Å²) in [7, 11) is 1.83. The van der Waals surface area contributed by atoms with Gasteiger partial charge in [0.05, 0.1) is 5.69 Å². The van der Waals surface area contributed by atoms with Crippen LogP contribution < -0.4 is 5.32 Å². The Balaban J connectivity index is 2.20. The third kappa shape index (κ3) is 2.72. The van der Waals surface area contributed by atoms with Gasteiger partial charge >= 0.3 is 5.97 Å². The lowest BCUT2D eigenvalue weighted by Gasteiger charge is -2.19. The molecule has 1 fully saturated rings. The average Bonchev–Trinajstić information content (AvgIpc) is 2.94. The van der Waals surface area contributed by atoms with Gasteiger partial charge in [-0.2, -0.15) is 5.10 Å². The minimum absolute atomic E-state index is 0.330. The zero-order valence-electron chi connectivity index (χ0n) is 11.0. The smallest absolute Gasteiger partial charge is 0.325 e. The van der Waals surface area contributed by atoms with Gasteiger partial charge in [0.1, 0.15) is 6.04 Å². The lowest BCUT2D eigenvalue weighted by Crippen LogP contribution is -2.35. The van der Waals surface area contributed by atoms with Crippen molar-refractivity contribution in [2.45, 2.75) is 51.1 Å². The number of carboxylic acids is 1. The largest absolute Gasteiger partial charge is 0.480 e. The molecule has 1 aliphatic carbocycles. The lowest BCUT2D eigenvalue weighted by atomic mass is 10.0. The molecule has 0 amide bonds. The van der Waals surface area contributed by atoms with Crippen molar-refractivity contribution in [3.63, 3.8) is 0 Å². The third-order valence-corrected chi connectivity index (χ3v) is 3.59. The monoisotopic (exact) mass is 251 g/mol. The molecule has 0 radical (unpaired) electrons. The molecular formula is C13H21N3O2.